The number of benzene rings is 1. The zero-order valence-corrected chi connectivity index (χ0v) is 11.0. The van der Waals surface area contributed by atoms with Crippen LogP contribution in [0.1, 0.15) is 18.4 Å². The molecule has 4 nitrogen and oxygen atoms in total. The molecule has 0 spiro atoms. The SMILES string of the molecule is O=C(O)NC1C2CCC1CN(Cc1ccccc1)C2. The van der Waals surface area contributed by atoms with Crippen molar-refractivity contribution in [2.24, 2.45) is 11.8 Å². The predicted molar refractivity (Wildman–Crippen MR) is 72.9 cm³/mol. The van der Waals surface area contributed by atoms with Crippen molar-refractivity contribution < 1.29 is 9.90 Å². The van der Waals surface area contributed by atoms with Gasteiger partial charge in [0.15, 0.2) is 0 Å². The summed E-state index contributed by atoms with van der Waals surface area (Å²) in [6.45, 7) is 3.00. The Morgan fingerprint density at radius 2 is 1.84 bits per heavy atom. The molecule has 2 atom stereocenters. The first-order valence-corrected chi connectivity index (χ1v) is 6.98. The summed E-state index contributed by atoms with van der Waals surface area (Å²) in [4.78, 5) is 13.3. The van der Waals surface area contributed by atoms with Crippen molar-refractivity contribution in [3.63, 3.8) is 0 Å². The van der Waals surface area contributed by atoms with Gasteiger partial charge >= 0.3 is 6.09 Å². The highest BCUT2D eigenvalue weighted by Crippen LogP contribution is 2.37. The number of piperidine rings is 1. The first-order chi connectivity index (χ1) is 9.22. The van der Waals surface area contributed by atoms with E-state index in [9.17, 15) is 4.79 Å². The zero-order chi connectivity index (χ0) is 13.2. The Kier molecular flexibility index (Phi) is 3.42. The highest BCUT2D eigenvalue weighted by molar-refractivity contribution is 5.65. The lowest BCUT2D eigenvalue weighted by Gasteiger charge is -2.37. The van der Waals surface area contributed by atoms with Crippen LogP contribution in [0.5, 0.6) is 0 Å². The van der Waals surface area contributed by atoms with Gasteiger partial charge in [-0.25, -0.2) is 4.79 Å². The Labute approximate surface area is 113 Å². The van der Waals surface area contributed by atoms with Crippen molar-refractivity contribution in [1.82, 2.24) is 10.2 Å². The number of nitrogens with one attached hydrogen (secondary N) is 1. The normalized spacial score (nSPS) is 30.2. The molecule has 2 bridgehead atoms. The molecule has 1 aliphatic carbocycles. The van der Waals surface area contributed by atoms with Crippen LogP contribution in [0.3, 0.4) is 0 Å². The lowest BCUT2D eigenvalue weighted by Crippen LogP contribution is -2.51. The smallest absolute Gasteiger partial charge is 0.404 e. The highest BCUT2D eigenvalue weighted by atomic mass is 16.4. The second-order valence-corrected chi connectivity index (χ2v) is 5.75. The maximum absolute atomic E-state index is 10.8. The van der Waals surface area contributed by atoms with Crippen LogP contribution < -0.4 is 5.32 Å². The largest absolute Gasteiger partial charge is 0.465 e. The number of carbonyl (C=O) groups is 1. The Balaban J connectivity index is 1.63. The van der Waals surface area contributed by atoms with E-state index < -0.39 is 6.09 Å². The fourth-order valence-electron chi connectivity index (χ4n) is 3.67. The monoisotopic (exact) mass is 260 g/mol. The highest BCUT2D eigenvalue weighted by Gasteiger charge is 2.42. The van der Waals surface area contributed by atoms with Crippen LogP contribution in [-0.2, 0) is 6.54 Å². The molecule has 1 aromatic carbocycles. The van der Waals surface area contributed by atoms with Crippen molar-refractivity contribution in [2.75, 3.05) is 13.1 Å². The molecule has 1 saturated heterocycles. The molecule has 2 aliphatic rings. The predicted octanol–water partition coefficient (Wildman–Crippen LogP) is 2.16. The summed E-state index contributed by atoms with van der Waals surface area (Å²) in [5, 5.41) is 11.6. The number of fused-ring (bicyclic) bond motifs is 2. The van der Waals surface area contributed by atoms with Gasteiger partial charge in [0.2, 0.25) is 0 Å². The van der Waals surface area contributed by atoms with Gasteiger partial charge in [-0.3, -0.25) is 4.90 Å². The average Bonchev–Trinajstić information content (AvgIpc) is 2.62. The molecule has 0 radical (unpaired) electrons. The van der Waals surface area contributed by atoms with E-state index in [4.69, 9.17) is 5.11 Å². The lowest BCUT2D eigenvalue weighted by atomic mass is 9.92. The maximum atomic E-state index is 10.8. The van der Waals surface area contributed by atoms with Crippen LogP contribution in [0.25, 0.3) is 0 Å². The van der Waals surface area contributed by atoms with Crippen molar-refractivity contribution in [2.45, 2.75) is 25.4 Å². The van der Waals surface area contributed by atoms with Crippen LogP contribution in [-0.4, -0.2) is 35.2 Å². The van der Waals surface area contributed by atoms with E-state index in [-0.39, 0.29) is 6.04 Å². The van der Waals surface area contributed by atoms with Gasteiger partial charge in [0, 0.05) is 25.7 Å². The third-order valence-electron chi connectivity index (χ3n) is 4.45. The number of carboxylic acid groups (broad SMARTS) is 1. The molecule has 4 heteroatoms. The van der Waals surface area contributed by atoms with Crippen LogP contribution in [0.2, 0.25) is 0 Å². The molecular formula is C15H20N2O2. The maximum Gasteiger partial charge on any atom is 0.404 e. The van der Waals surface area contributed by atoms with Gasteiger partial charge in [0.25, 0.3) is 0 Å². The molecular weight excluding hydrogens is 240 g/mol. The van der Waals surface area contributed by atoms with Crippen LogP contribution in [0.15, 0.2) is 30.3 Å². The van der Waals surface area contributed by atoms with Crippen molar-refractivity contribution in [1.29, 1.82) is 0 Å². The fourth-order valence-corrected chi connectivity index (χ4v) is 3.67. The fraction of sp³-hybridized carbons (Fsp3) is 0.533. The molecule has 1 amide bonds. The van der Waals surface area contributed by atoms with E-state index >= 15 is 0 Å². The van der Waals surface area contributed by atoms with Gasteiger partial charge in [-0.2, -0.15) is 0 Å². The molecule has 1 aromatic rings. The summed E-state index contributed by atoms with van der Waals surface area (Å²) in [5.41, 5.74) is 1.34. The number of nitrogens with zero attached hydrogens (tertiary/aromatic N) is 1. The van der Waals surface area contributed by atoms with Crippen LogP contribution >= 0.6 is 0 Å². The van der Waals surface area contributed by atoms with Gasteiger partial charge in [0.05, 0.1) is 0 Å². The molecule has 2 N–H and O–H groups in total. The van der Waals surface area contributed by atoms with Gasteiger partial charge in [-0.15, -0.1) is 0 Å². The van der Waals surface area contributed by atoms with Crippen molar-refractivity contribution in [3.8, 4) is 0 Å². The molecule has 19 heavy (non-hydrogen) atoms. The van der Waals surface area contributed by atoms with Crippen molar-refractivity contribution in [3.05, 3.63) is 35.9 Å². The first-order valence-electron chi connectivity index (χ1n) is 6.98. The van der Waals surface area contributed by atoms with Gasteiger partial charge in [0.1, 0.15) is 0 Å². The molecule has 1 aliphatic heterocycles. The second-order valence-electron chi connectivity index (χ2n) is 5.75. The van der Waals surface area contributed by atoms with E-state index in [1.165, 1.54) is 5.56 Å². The third-order valence-corrected chi connectivity index (χ3v) is 4.45. The van der Waals surface area contributed by atoms with Gasteiger partial charge in [-0.05, 0) is 30.2 Å². The summed E-state index contributed by atoms with van der Waals surface area (Å²) < 4.78 is 0. The number of hydrogen-bond donors (Lipinski definition) is 2. The van der Waals surface area contributed by atoms with E-state index in [0.29, 0.717) is 11.8 Å². The van der Waals surface area contributed by atoms with Crippen LogP contribution in [0.4, 0.5) is 4.79 Å². The van der Waals surface area contributed by atoms with E-state index in [1.807, 2.05) is 6.07 Å². The standard InChI is InChI=1S/C15H20N2O2/c18-15(19)16-14-12-6-7-13(14)10-17(9-12)8-11-4-2-1-3-5-11/h1-5,12-14,16H,6-10H2,(H,18,19). The number of hydrogen-bond acceptors (Lipinski definition) is 2. The summed E-state index contributed by atoms with van der Waals surface area (Å²) in [7, 11) is 0. The number of amides is 1. The average molecular weight is 260 g/mol. The summed E-state index contributed by atoms with van der Waals surface area (Å²) in [6.07, 6.45) is 1.43. The quantitative estimate of drug-likeness (QED) is 0.875. The molecule has 2 unspecified atom stereocenters. The van der Waals surface area contributed by atoms with E-state index in [2.05, 4.69) is 34.5 Å². The van der Waals surface area contributed by atoms with Crippen LogP contribution in [0, 0.1) is 11.8 Å². The summed E-state index contributed by atoms with van der Waals surface area (Å²) >= 11 is 0. The Morgan fingerprint density at radius 1 is 1.21 bits per heavy atom. The Bertz CT molecular complexity index is 435. The Morgan fingerprint density at radius 3 is 2.42 bits per heavy atom. The van der Waals surface area contributed by atoms with Gasteiger partial charge < -0.3 is 10.4 Å². The minimum atomic E-state index is -0.876. The topological polar surface area (TPSA) is 52.6 Å². The van der Waals surface area contributed by atoms with E-state index in [1.54, 1.807) is 0 Å². The van der Waals surface area contributed by atoms with E-state index in [0.717, 1.165) is 32.5 Å². The minimum Gasteiger partial charge on any atom is -0.465 e. The zero-order valence-electron chi connectivity index (χ0n) is 11.0. The van der Waals surface area contributed by atoms with Crippen molar-refractivity contribution >= 4 is 6.09 Å². The molecule has 1 heterocycles. The Hall–Kier alpha value is -1.55. The third kappa shape index (κ3) is 2.73. The minimum absolute atomic E-state index is 0.171. The number of likely N-dealkylation sites (tertiary alicyclic amines) is 1. The second kappa shape index (κ2) is 5.21. The summed E-state index contributed by atoms with van der Waals surface area (Å²) in [5.74, 6) is 0.970. The number of rotatable bonds is 3. The molecule has 3 rings (SSSR count). The summed E-state index contributed by atoms with van der Waals surface area (Å²) in [6, 6.07) is 10.7. The molecule has 1 saturated carbocycles. The first kappa shape index (κ1) is 12.5. The lowest BCUT2D eigenvalue weighted by molar-refractivity contribution is 0.116. The van der Waals surface area contributed by atoms with Gasteiger partial charge in [-0.1, -0.05) is 30.3 Å². The molecule has 0 aromatic heterocycles. The molecule has 102 valence electrons. The molecule has 2 fully saturated rings.